The monoisotopic (exact) mass is 381 g/mol. The molecular formula is C23H27NO4. The molecule has 2 aromatic rings. The normalized spacial score (nSPS) is 15.0. The van der Waals surface area contributed by atoms with Gasteiger partial charge < -0.3 is 14.8 Å². The Hall–Kier alpha value is -2.82. The minimum atomic E-state index is -0.823. The summed E-state index contributed by atoms with van der Waals surface area (Å²) in [7, 11) is 0. The summed E-state index contributed by atoms with van der Waals surface area (Å²) in [5, 5.41) is 2.76. The number of carbonyl (C=O) groups is 2. The fraction of sp³-hybridized carbons (Fsp3) is 0.391. The number of esters is 1. The van der Waals surface area contributed by atoms with E-state index in [0.29, 0.717) is 23.8 Å². The van der Waals surface area contributed by atoms with E-state index in [4.69, 9.17) is 9.47 Å². The van der Waals surface area contributed by atoms with E-state index in [-0.39, 0.29) is 11.9 Å². The fourth-order valence-electron chi connectivity index (χ4n) is 3.41. The van der Waals surface area contributed by atoms with E-state index in [0.717, 1.165) is 12.2 Å². The lowest BCUT2D eigenvalue weighted by atomic mass is 10.0. The largest absolute Gasteiger partial charge is 0.457 e. The van der Waals surface area contributed by atoms with Gasteiger partial charge in [0.2, 0.25) is 0 Å². The van der Waals surface area contributed by atoms with Crippen LogP contribution in [0.1, 0.15) is 45.4 Å². The molecule has 0 bridgehead atoms. The van der Waals surface area contributed by atoms with Gasteiger partial charge in [-0.05, 0) is 55.7 Å². The zero-order valence-electron chi connectivity index (χ0n) is 16.2. The molecule has 0 spiro atoms. The predicted molar refractivity (Wildman–Crippen MR) is 108 cm³/mol. The molecule has 1 atom stereocenters. The smallest absolute Gasteiger partial charge is 0.306 e. The van der Waals surface area contributed by atoms with E-state index in [1.165, 1.54) is 25.7 Å². The molecule has 1 aliphatic carbocycles. The Balaban J connectivity index is 1.43. The first kappa shape index (κ1) is 19.9. The molecule has 1 saturated carbocycles. The Morgan fingerprint density at radius 1 is 1.00 bits per heavy atom. The second-order valence-electron chi connectivity index (χ2n) is 7.25. The molecule has 0 saturated heterocycles. The predicted octanol–water partition coefficient (Wildman–Crippen LogP) is 5.32. The van der Waals surface area contributed by atoms with Crippen LogP contribution >= 0.6 is 0 Å². The van der Waals surface area contributed by atoms with Crippen LogP contribution in [0.25, 0.3) is 0 Å². The number of ether oxygens (including phenoxy) is 2. The van der Waals surface area contributed by atoms with Crippen molar-refractivity contribution in [3.05, 3.63) is 54.6 Å². The van der Waals surface area contributed by atoms with Gasteiger partial charge in [0.25, 0.3) is 5.91 Å². The number of carbonyl (C=O) groups excluding carboxylic acids is 2. The number of nitrogens with one attached hydrogen (secondary N) is 1. The summed E-state index contributed by atoms with van der Waals surface area (Å²) in [5.74, 6) is 1.41. The first-order valence-corrected chi connectivity index (χ1v) is 9.93. The van der Waals surface area contributed by atoms with Gasteiger partial charge in [0.1, 0.15) is 11.5 Å². The highest BCUT2D eigenvalue weighted by Crippen LogP contribution is 2.28. The molecule has 1 amide bonds. The van der Waals surface area contributed by atoms with Crippen molar-refractivity contribution >= 4 is 17.6 Å². The third-order valence-electron chi connectivity index (χ3n) is 5.01. The van der Waals surface area contributed by atoms with E-state index in [2.05, 4.69) is 5.32 Å². The average Bonchev–Trinajstić information content (AvgIpc) is 3.22. The first-order valence-electron chi connectivity index (χ1n) is 9.93. The zero-order chi connectivity index (χ0) is 19.8. The summed E-state index contributed by atoms with van der Waals surface area (Å²) in [6, 6.07) is 16.5. The van der Waals surface area contributed by atoms with E-state index in [1.54, 1.807) is 31.2 Å². The SMILES string of the molecule is C[C@@H](OC(=O)CCC1CCCC1)C(=O)Nc1ccc(Oc2ccccc2)cc1. The van der Waals surface area contributed by atoms with Crippen LogP contribution < -0.4 is 10.1 Å². The molecule has 1 aliphatic rings. The first-order chi connectivity index (χ1) is 13.6. The summed E-state index contributed by atoms with van der Waals surface area (Å²) in [6.07, 6.45) is 5.34. The van der Waals surface area contributed by atoms with E-state index in [1.807, 2.05) is 30.3 Å². The van der Waals surface area contributed by atoms with Gasteiger partial charge in [-0.25, -0.2) is 0 Å². The van der Waals surface area contributed by atoms with Crippen molar-refractivity contribution in [1.29, 1.82) is 0 Å². The molecule has 0 unspecified atom stereocenters. The molecule has 0 aliphatic heterocycles. The van der Waals surface area contributed by atoms with Gasteiger partial charge in [-0.15, -0.1) is 0 Å². The molecule has 5 nitrogen and oxygen atoms in total. The molecule has 0 aromatic heterocycles. The molecule has 5 heteroatoms. The molecular weight excluding hydrogens is 354 g/mol. The van der Waals surface area contributed by atoms with E-state index in [9.17, 15) is 9.59 Å². The number of para-hydroxylation sites is 1. The van der Waals surface area contributed by atoms with Gasteiger partial charge in [0.05, 0.1) is 0 Å². The van der Waals surface area contributed by atoms with Gasteiger partial charge in [0, 0.05) is 12.1 Å². The average molecular weight is 381 g/mol. The lowest BCUT2D eigenvalue weighted by Crippen LogP contribution is -2.30. The van der Waals surface area contributed by atoms with E-state index >= 15 is 0 Å². The minimum Gasteiger partial charge on any atom is -0.457 e. The number of benzene rings is 2. The molecule has 148 valence electrons. The topological polar surface area (TPSA) is 64.6 Å². The molecule has 28 heavy (non-hydrogen) atoms. The molecule has 0 radical (unpaired) electrons. The standard InChI is InChI=1S/C23H27NO4/c1-17(27-22(25)16-11-18-7-5-6-8-18)23(26)24-19-12-14-21(15-13-19)28-20-9-3-2-4-10-20/h2-4,9-10,12-15,17-18H,5-8,11,16H2,1H3,(H,24,26)/t17-/m1/s1. The highest BCUT2D eigenvalue weighted by molar-refractivity contribution is 5.95. The summed E-state index contributed by atoms with van der Waals surface area (Å²) >= 11 is 0. The third kappa shape index (κ3) is 6.12. The molecule has 2 aromatic carbocycles. The van der Waals surface area contributed by atoms with Crippen molar-refractivity contribution in [2.45, 2.75) is 51.6 Å². The quantitative estimate of drug-likeness (QED) is 0.629. The van der Waals surface area contributed by atoms with Crippen LogP contribution in [-0.4, -0.2) is 18.0 Å². The Morgan fingerprint density at radius 3 is 2.32 bits per heavy atom. The van der Waals surface area contributed by atoms with Crippen LogP contribution in [0, 0.1) is 5.92 Å². The minimum absolute atomic E-state index is 0.304. The number of hydrogen-bond acceptors (Lipinski definition) is 4. The number of rotatable bonds is 8. The Kier molecular flexibility index (Phi) is 7.06. The Bertz CT molecular complexity index is 767. The summed E-state index contributed by atoms with van der Waals surface area (Å²) < 4.78 is 11.0. The fourth-order valence-corrected chi connectivity index (χ4v) is 3.41. The molecule has 0 heterocycles. The molecule has 1 fully saturated rings. The van der Waals surface area contributed by atoms with Crippen LogP contribution in [0.2, 0.25) is 0 Å². The summed E-state index contributed by atoms with van der Waals surface area (Å²) in [6.45, 7) is 1.59. The summed E-state index contributed by atoms with van der Waals surface area (Å²) in [5.41, 5.74) is 0.624. The lowest BCUT2D eigenvalue weighted by molar-refractivity contribution is -0.153. The third-order valence-corrected chi connectivity index (χ3v) is 5.01. The highest BCUT2D eigenvalue weighted by Gasteiger charge is 2.20. The van der Waals surface area contributed by atoms with Crippen LogP contribution in [0.5, 0.6) is 11.5 Å². The van der Waals surface area contributed by atoms with Gasteiger partial charge in [-0.1, -0.05) is 43.9 Å². The number of amides is 1. The van der Waals surface area contributed by atoms with Gasteiger partial charge in [0.15, 0.2) is 6.10 Å². The Labute approximate surface area is 166 Å². The second kappa shape index (κ2) is 9.93. The van der Waals surface area contributed by atoms with Crippen molar-refractivity contribution in [2.75, 3.05) is 5.32 Å². The van der Waals surface area contributed by atoms with E-state index < -0.39 is 6.10 Å². The van der Waals surface area contributed by atoms with Crippen molar-refractivity contribution in [2.24, 2.45) is 5.92 Å². The second-order valence-corrected chi connectivity index (χ2v) is 7.25. The van der Waals surface area contributed by atoms with Gasteiger partial charge >= 0.3 is 5.97 Å². The number of hydrogen-bond donors (Lipinski definition) is 1. The maximum Gasteiger partial charge on any atom is 0.306 e. The maximum absolute atomic E-state index is 12.3. The van der Waals surface area contributed by atoms with Crippen LogP contribution in [0.4, 0.5) is 5.69 Å². The zero-order valence-corrected chi connectivity index (χ0v) is 16.2. The lowest BCUT2D eigenvalue weighted by Gasteiger charge is -2.15. The van der Waals surface area contributed by atoms with Crippen LogP contribution in [0.3, 0.4) is 0 Å². The van der Waals surface area contributed by atoms with Gasteiger partial charge in [-0.2, -0.15) is 0 Å². The van der Waals surface area contributed by atoms with Crippen molar-refractivity contribution in [3.8, 4) is 11.5 Å². The van der Waals surface area contributed by atoms with Crippen molar-refractivity contribution < 1.29 is 19.1 Å². The van der Waals surface area contributed by atoms with Crippen molar-refractivity contribution in [1.82, 2.24) is 0 Å². The number of anilines is 1. The van der Waals surface area contributed by atoms with Crippen LogP contribution in [-0.2, 0) is 14.3 Å². The van der Waals surface area contributed by atoms with Gasteiger partial charge in [-0.3, -0.25) is 9.59 Å². The molecule has 3 rings (SSSR count). The van der Waals surface area contributed by atoms with Crippen LogP contribution in [0.15, 0.2) is 54.6 Å². The highest BCUT2D eigenvalue weighted by atomic mass is 16.5. The van der Waals surface area contributed by atoms with Crippen molar-refractivity contribution in [3.63, 3.8) is 0 Å². The molecule has 1 N–H and O–H groups in total. The Morgan fingerprint density at radius 2 is 1.64 bits per heavy atom. The maximum atomic E-state index is 12.3. The summed E-state index contributed by atoms with van der Waals surface area (Å²) in [4.78, 5) is 24.2.